The maximum absolute atomic E-state index is 14.0. The number of nitrogens with zero attached hydrogens (tertiary/aromatic N) is 2. The second kappa shape index (κ2) is 16.0. The molecule has 0 aliphatic heterocycles. The molecule has 8 nitrogen and oxygen atoms in total. The van der Waals surface area contributed by atoms with Gasteiger partial charge >= 0.3 is 0 Å². The van der Waals surface area contributed by atoms with Crippen LogP contribution in [-0.2, 0) is 32.6 Å². The molecule has 0 bridgehead atoms. The van der Waals surface area contributed by atoms with Crippen molar-refractivity contribution in [2.75, 3.05) is 30.3 Å². The van der Waals surface area contributed by atoms with Crippen LogP contribution in [0.2, 0.25) is 0 Å². The molecule has 9 heteroatoms. The summed E-state index contributed by atoms with van der Waals surface area (Å²) < 4.78 is 32.6. The highest BCUT2D eigenvalue weighted by Gasteiger charge is 2.31. The Labute approximate surface area is 250 Å². The van der Waals surface area contributed by atoms with E-state index in [0.29, 0.717) is 31.0 Å². The fourth-order valence-corrected chi connectivity index (χ4v) is 5.78. The number of hydrogen-bond acceptors (Lipinski definition) is 5. The van der Waals surface area contributed by atoms with Crippen LogP contribution < -0.4 is 14.4 Å². The normalized spacial score (nSPS) is 11.9. The molecule has 3 aromatic rings. The van der Waals surface area contributed by atoms with Gasteiger partial charge in [0.15, 0.2) is 0 Å². The molecule has 226 valence electrons. The Morgan fingerprint density at radius 2 is 1.60 bits per heavy atom. The number of nitrogens with one attached hydrogen (secondary N) is 1. The Hall–Kier alpha value is -3.85. The third-order valence-electron chi connectivity index (χ3n) is 7.01. The monoisotopic (exact) mass is 593 g/mol. The van der Waals surface area contributed by atoms with Gasteiger partial charge in [0, 0.05) is 32.5 Å². The summed E-state index contributed by atoms with van der Waals surface area (Å²) in [7, 11) is -3.65. The van der Waals surface area contributed by atoms with Gasteiger partial charge in [-0.3, -0.25) is 13.9 Å². The number of para-hydroxylation sites is 2. The lowest BCUT2D eigenvalue weighted by atomic mass is 10.0. The maximum Gasteiger partial charge on any atom is 0.243 e. The number of ether oxygens (including phenoxy) is 1. The molecular weight excluding hydrogens is 550 g/mol. The summed E-state index contributed by atoms with van der Waals surface area (Å²) in [5.74, 6) is 0.0527. The molecule has 3 rings (SSSR count). The van der Waals surface area contributed by atoms with Crippen molar-refractivity contribution in [1.82, 2.24) is 10.2 Å². The largest absolute Gasteiger partial charge is 0.492 e. The maximum atomic E-state index is 14.0. The molecule has 0 aromatic heterocycles. The quantitative estimate of drug-likeness (QED) is 0.249. The number of anilines is 1. The number of aryl methyl sites for hydroxylation is 1. The summed E-state index contributed by atoms with van der Waals surface area (Å²) in [5, 5.41) is 2.99. The summed E-state index contributed by atoms with van der Waals surface area (Å²) in [6, 6.07) is 23.7. The first-order valence-corrected chi connectivity index (χ1v) is 16.4. The van der Waals surface area contributed by atoms with E-state index in [0.717, 1.165) is 29.4 Å². The fourth-order valence-electron chi connectivity index (χ4n) is 4.81. The molecule has 0 saturated heterocycles. The first-order valence-electron chi connectivity index (χ1n) is 14.5. The van der Waals surface area contributed by atoms with Gasteiger partial charge in [-0.1, -0.05) is 73.7 Å². The topological polar surface area (TPSA) is 96.0 Å². The van der Waals surface area contributed by atoms with Gasteiger partial charge in [0.1, 0.15) is 11.8 Å². The van der Waals surface area contributed by atoms with E-state index in [2.05, 4.69) is 5.32 Å². The number of carbonyl (C=O) groups is 2. The number of amides is 2. The minimum atomic E-state index is -3.65. The van der Waals surface area contributed by atoms with Crippen LogP contribution in [0.1, 0.15) is 49.8 Å². The Bertz CT molecular complexity index is 1410. The highest BCUT2D eigenvalue weighted by atomic mass is 32.2. The molecule has 42 heavy (non-hydrogen) atoms. The summed E-state index contributed by atoms with van der Waals surface area (Å²) >= 11 is 0. The van der Waals surface area contributed by atoms with Gasteiger partial charge in [0.25, 0.3) is 0 Å². The average Bonchev–Trinajstić information content (AvgIpc) is 2.97. The van der Waals surface area contributed by atoms with Crippen molar-refractivity contribution in [3.8, 4) is 5.75 Å². The smallest absolute Gasteiger partial charge is 0.243 e. The number of sulfonamides is 1. The van der Waals surface area contributed by atoms with Crippen molar-refractivity contribution in [3.05, 3.63) is 95.6 Å². The molecular formula is C33H43N3O5S. The van der Waals surface area contributed by atoms with Gasteiger partial charge in [-0.15, -0.1) is 0 Å². The van der Waals surface area contributed by atoms with E-state index >= 15 is 0 Å². The molecule has 0 heterocycles. The Morgan fingerprint density at radius 3 is 2.26 bits per heavy atom. The molecule has 1 unspecified atom stereocenters. The molecule has 3 aromatic carbocycles. The molecule has 1 N–H and O–H groups in total. The molecule has 0 aliphatic rings. The minimum absolute atomic E-state index is 0.0705. The van der Waals surface area contributed by atoms with Crippen molar-refractivity contribution in [2.24, 2.45) is 0 Å². The summed E-state index contributed by atoms with van der Waals surface area (Å²) in [6.45, 7) is 7.08. The van der Waals surface area contributed by atoms with Crippen LogP contribution in [0.4, 0.5) is 5.69 Å². The molecule has 0 spiro atoms. The fraction of sp³-hybridized carbons (Fsp3) is 0.394. The van der Waals surface area contributed by atoms with E-state index in [-0.39, 0.29) is 37.7 Å². The van der Waals surface area contributed by atoms with Crippen LogP contribution in [0.5, 0.6) is 5.75 Å². The Kier molecular flexibility index (Phi) is 12.4. The highest BCUT2D eigenvalue weighted by Crippen LogP contribution is 2.30. The van der Waals surface area contributed by atoms with Crippen LogP contribution in [0.3, 0.4) is 0 Å². The van der Waals surface area contributed by atoms with Crippen LogP contribution in [0.25, 0.3) is 0 Å². The van der Waals surface area contributed by atoms with E-state index < -0.39 is 16.1 Å². The van der Waals surface area contributed by atoms with Crippen molar-refractivity contribution in [2.45, 2.75) is 59.0 Å². The van der Waals surface area contributed by atoms with Crippen LogP contribution in [0, 0.1) is 6.92 Å². The minimum Gasteiger partial charge on any atom is -0.492 e. The van der Waals surface area contributed by atoms with Gasteiger partial charge in [0.2, 0.25) is 21.8 Å². The zero-order chi connectivity index (χ0) is 30.5. The first-order chi connectivity index (χ1) is 20.2. The van der Waals surface area contributed by atoms with E-state index in [1.807, 2.05) is 75.4 Å². The Morgan fingerprint density at radius 1 is 0.929 bits per heavy atom. The van der Waals surface area contributed by atoms with Gasteiger partial charge in [-0.05, 0) is 55.5 Å². The number of hydrogen-bond donors (Lipinski definition) is 1. The number of benzene rings is 3. The van der Waals surface area contributed by atoms with E-state index in [1.54, 1.807) is 29.2 Å². The molecule has 1 atom stereocenters. The summed E-state index contributed by atoms with van der Waals surface area (Å²) in [5.41, 5.74) is 3.37. The van der Waals surface area contributed by atoms with Gasteiger partial charge in [-0.2, -0.15) is 0 Å². The van der Waals surface area contributed by atoms with Crippen molar-refractivity contribution < 1.29 is 22.7 Å². The highest BCUT2D eigenvalue weighted by molar-refractivity contribution is 7.92. The lowest BCUT2D eigenvalue weighted by Gasteiger charge is -2.32. The van der Waals surface area contributed by atoms with Gasteiger partial charge in [0.05, 0.1) is 18.6 Å². The van der Waals surface area contributed by atoms with Gasteiger partial charge < -0.3 is 15.0 Å². The standard InChI is InChI=1S/C33H43N3O5S/c1-5-22-34-33(38)30(24-27-16-8-7-9-17-27)35(25-28-18-11-10-15-26(28)3)32(37)21-14-23-36(42(4,39)40)29-19-12-13-20-31(29)41-6-2/h7-13,15-20,30H,5-6,14,21-25H2,1-4H3,(H,34,38). The lowest BCUT2D eigenvalue weighted by Crippen LogP contribution is -2.50. The van der Waals surface area contributed by atoms with E-state index in [4.69, 9.17) is 4.74 Å². The molecule has 0 fully saturated rings. The third-order valence-corrected chi connectivity index (χ3v) is 8.19. The summed E-state index contributed by atoms with van der Waals surface area (Å²) in [6.07, 6.45) is 2.63. The molecule has 0 saturated carbocycles. The lowest BCUT2D eigenvalue weighted by molar-refractivity contribution is -0.141. The predicted molar refractivity (Wildman–Crippen MR) is 168 cm³/mol. The van der Waals surface area contributed by atoms with E-state index in [1.165, 1.54) is 4.31 Å². The zero-order valence-corrected chi connectivity index (χ0v) is 25.9. The third kappa shape index (κ3) is 9.34. The average molecular weight is 594 g/mol. The van der Waals surface area contributed by atoms with Crippen LogP contribution in [0.15, 0.2) is 78.9 Å². The number of rotatable bonds is 16. The zero-order valence-electron chi connectivity index (χ0n) is 25.1. The second-order valence-electron chi connectivity index (χ2n) is 10.3. The van der Waals surface area contributed by atoms with E-state index in [9.17, 15) is 18.0 Å². The predicted octanol–water partition coefficient (Wildman–Crippen LogP) is 5.11. The van der Waals surface area contributed by atoms with Crippen LogP contribution >= 0.6 is 0 Å². The molecule has 0 radical (unpaired) electrons. The SMILES string of the molecule is CCCNC(=O)C(Cc1ccccc1)N(Cc1ccccc1C)C(=O)CCCN(c1ccccc1OCC)S(C)(=O)=O. The Balaban J connectivity index is 1.89. The number of carbonyl (C=O) groups excluding carboxylic acids is 2. The van der Waals surface area contributed by atoms with Gasteiger partial charge in [-0.25, -0.2) is 8.42 Å². The second-order valence-corrected chi connectivity index (χ2v) is 12.2. The molecule has 0 aliphatic carbocycles. The summed E-state index contributed by atoms with van der Waals surface area (Å²) in [4.78, 5) is 29.1. The molecule has 2 amide bonds. The van der Waals surface area contributed by atoms with Crippen molar-refractivity contribution in [3.63, 3.8) is 0 Å². The van der Waals surface area contributed by atoms with Crippen LogP contribution in [-0.4, -0.2) is 57.1 Å². The first kappa shape index (κ1) is 32.7. The van der Waals surface area contributed by atoms with Crippen molar-refractivity contribution in [1.29, 1.82) is 0 Å². The van der Waals surface area contributed by atoms with Crippen molar-refractivity contribution >= 4 is 27.5 Å².